The Morgan fingerprint density at radius 3 is 2.75 bits per heavy atom. The van der Waals surface area contributed by atoms with E-state index in [2.05, 4.69) is 37.7 Å². The van der Waals surface area contributed by atoms with Crippen molar-refractivity contribution >= 4 is 24.3 Å². The summed E-state index contributed by atoms with van der Waals surface area (Å²) >= 11 is 4.67. The van der Waals surface area contributed by atoms with E-state index in [0.29, 0.717) is 5.56 Å². The second-order valence-corrected chi connectivity index (χ2v) is 4.01. The molecule has 0 atom stereocenters. The van der Waals surface area contributed by atoms with Gasteiger partial charge in [0, 0.05) is 18.0 Å². The van der Waals surface area contributed by atoms with Crippen molar-refractivity contribution in [3.63, 3.8) is 0 Å². The molecular formula is C11H9N5O3S. The largest absolute Gasteiger partial charge is 0.494 e. The summed E-state index contributed by atoms with van der Waals surface area (Å²) in [4.78, 5) is 31.5. The van der Waals surface area contributed by atoms with Crippen molar-refractivity contribution in [3.05, 3.63) is 50.8 Å². The maximum absolute atomic E-state index is 11.6. The van der Waals surface area contributed by atoms with Crippen LogP contribution in [0.25, 0.3) is 0 Å². The lowest BCUT2D eigenvalue weighted by atomic mass is 10.3. The highest BCUT2D eigenvalue weighted by molar-refractivity contribution is 7.71. The second-order valence-electron chi connectivity index (χ2n) is 3.61. The van der Waals surface area contributed by atoms with E-state index in [9.17, 15) is 14.7 Å². The molecule has 0 aromatic carbocycles. The third kappa shape index (κ3) is 3.14. The first-order valence-electron chi connectivity index (χ1n) is 5.37. The molecule has 1 amide bonds. The number of hydrogen-bond acceptors (Lipinski definition) is 6. The van der Waals surface area contributed by atoms with Gasteiger partial charge in [0.1, 0.15) is 5.56 Å². The zero-order valence-corrected chi connectivity index (χ0v) is 10.8. The number of aromatic amines is 2. The zero-order chi connectivity index (χ0) is 14.5. The normalized spacial score (nSPS) is 10.6. The number of hydrazone groups is 1. The first kappa shape index (κ1) is 13.6. The summed E-state index contributed by atoms with van der Waals surface area (Å²) < 4.78 is -0.00882. The van der Waals surface area contributed by atoms with Crippen LogP contribution in [-0.4, -0.2) is 32.2 Å². The smallest absolute Gasteiger partial charge is 0.271 e. The molecule has 0 aliphatic rings. The summed E-state index contributed by atoms with van der Waals surface area (Å²) in [5, 5.41) is 13.1. The van der Waals surface area contributed by atoms with Crippen molar-refractivity contribution in [1.82, 2.24) is 20.4 Å². The molecule has 0 saturated heterocycles. The van der Waals surface area contributed by atoms with Gasteiger partial charge >= 0.3 is 0 Å². The van der Waals surface area contributed by atoms with E-state index in [1.807, 2.05) is 0 Å². The maximum Gasteiger partial charge on any atom is 0.271 e. The van der Waals surface area contributed by atoms with Crippen LogP contribution >= 0.6 is 12.2 Å². The van der Waals surface area contributed by atoms with Crippen LogP contribution in [-0.2, 0) is 0 Å². The van der Waals surface area contributed by atoms with Crippen LogP contribution < -0.4 is 11.0 Å². The lowest BCUT2D eigenvalue weighted by molar-refractivity contribution is 0.0955. The molecule has 2 heterocycles. The minimum atomic E-state index is -0.617. The van der Waals surface area contributed by atoms with Crippen molar-refractivity contribution < 1.29 is 9.90 Å². The Kier molecular flexibility index (Phi) is 4.01. The molecule has 0 fully saturated rings. The fourth-order valence-corrected chi connectivity index (χ4v) is 1.52. The maximum atomic E-state index is 11.6. The SMILES string of the molecule is O=C(NN=Cc1c(O)[nH]c(=S)[nH]c1=O)c1ccncc1. The summed E-state index contributed by atoms with van der Waals surface area (Å²) in [6.45, 7) is 0. The quantitative estimate of drug-likeness (QED) is 0.368. The number of nitrogens with one attached hydrogen (secondary N) is 3. The third-order valence-corrected chi connectivity index (χ3v) is 2.47. The molecule has 0 aliphatic heterocycles. The predicted octanol–water partition coefficient (Wildman–Crippen LogP) is 0.297. The van der Waals surface area contributed by atoms with E-state index in [1.54, 1.807) is 0 Å². The van der Waals surface area contributed by atoms with Gasteiger partial charge in [0.25, 0.3) is 11.5 Å². The monoisotopic (exact) mass is 291 g/mol. The first-order chi connectivity index (χ1) is 9.58. The van der Waals surface area contributed by atoms with Gasteiger partial charge in [-0.25, -0.2) is 5.43 Å². The number of aromatic nitrogens is 3. The van der Waals surface area contributed by atoms with Gasteiger partial charge in [0.2, 0.25) is 5.88 Å². The van der Waals surface area contributed by atoms with Gasteiger partial charge in [-0.05, 0) is 24.4 Å². The molecule has 0 radical (unpaired) electrons. The molecule has 4 N–H and O–H groups in total. The lowest BCUT2D eigenvalue weighted by Crippen LogP contribution is -2.19. The molecule has 0 aliphatic carbocycles. The first-order valence-corrected chi connectivity index (χ1v) is 5.78. The number of nitrogens with zero attached hydrogens (tertiary/aromatic N) is 2. The van der Waals surface area contributed by atoms with Crippen LogP contribution in [0, 0.1) is 4.77 Å². The highest BCUT2D eigenvalue weighted by atomic mass is 32.1. The van der Waals surface area contributed by atoms with Gasteiger partial charge in [-0.2, -0.15) is 5.10 Å². The fourth-order valence-electron chi connectivity index (χ4n) is 1.33. The van der Waals surface area contributed by atoms with Gasteiger partial charge in [-0.1, -0.05) is 0 Å². The summed E-state index contributed by atoms with van der Waals surface area (Å²) in [6, 6.07) is 3.02. The van der Waals surface area contributed by atoms with Crippen molar-refractivity contribution in [2.45, 2.75) is 0 Å². The number of hydrogen-bond donors (Lipinski definition) is 4. The molecule has 0 spiro atoms. The highest BCUT2D eigenvalue weighted by Crippen LogP contribution is 2.03. The van der Waals surface area contributed by atoms with E-state index in [-0.39, 0.29) is 10.3 Å². The van der Waals surface area contributed by atoms with Crippen LogP contribution in [0.5, 0.6) is 5.88 Å². The predicted molar refractivity (Wildman–Crippen MR) is 73.2 cm³/mol. The minimum Gasteiger partial charge on any atom is -0.494 e. The molecule has 0 bridgehead atoms. The van der Waals surface area contributed by atoms with Crippen LogP contribution in [0.4, 0.5) is 0 Å². The fraction of sp³-hybridized carbons (Fsp3) is 0. The number of H-pyrrole nitrogens is 2. The van der Waals surface area contributed by atoms with E-state index < -0.39 is 17.3 Å². The standard InChI is InChI=1S/C11H9N5O3S/c17-8(6-1-3-12-4-2-6)16-13-5-7-9(18)14-11(20)15-10(7)19/h1-5H,(H,16,17)(H3,14,15,18,19,20). The molecule has 8 nitrogen and oxygen atoms in total. The number of aromatic hydroxyl groups is 1. The molecule has 102 valence electrons. The van der Waals surface area contributed by atoms with Crippen molar-refractivity contribution in [1.29, 1.82) is 0 Å². The molecule has 2 aromatic heterocycles. The summed E-state index contributed by atoms with van der Waals surface area (Å²) in [5.74, 6) is -0.899. The number of carbonyl (C=O) groups is 1. The minimum absolute atomic E-state index is 0.00882. The molecule has 9 heteroatoms. The molecular weight excluding hydrogens is 282 g/mol. The van der Waals surface area contributed by atoms with E-state index >= 15 is 0 Å². The summed E-state index contributed by atoms with van der Waals surface area (Å²) in [5.41, 5.74) is 1.82. The molecule has 2 rings (SSSR count). The Hall–Kier alpha value is -2.81. The van der Waals surface area contributed by atoms with Crippen LogP contribution in [0.2, 0.25) is 0 Å². The molecule has 0 saturated carbocycles. The van der Waals surface area contributed by atoms with Gasteiger partial charge in [-0.15, -0.1) is 0 Å². The Balaban J connectivity index is 2.14. The number of pyridine rings is 1. The summed E-state index contributed by atoms with van der Waals surface area (Å²) in [6.07, 6.45) is 3.94. The third-order valence-electron chi connectivity index (χ3n) is 2.26. The Labute approximate surface area is 117 Å². The molecule has 0 unspecified atom stereocenters. The van der Waals surface area contributed by atoms with E-state index in [0.717, 1.165) is 6.21 Å². The van der Waals surface area contributed by atoms with Crippen molar-refractivity contribution in [2.24, 2.45) is 5.10 Å². The van der Waals surface area contributed by atoms with Crippen LogP contribution in [0.3, 0.4) is 0 Å². The van der Waals surface area contributed by atoms with Gasteiger partial charge in [0.05, 0.1) is 6.21 Å². The molecule has 2 aromatic rings. The van der Waals surface area contributed by atoms with Gasteiger partial charge in [-0.3, -0.25) is 19.6 Å². The Morgan fingerprint density at radius 2 is 2.10 bits per heavy atom. The van der Waals surface area contributed by atoms with E-state index in [1.165, 1.54) is 24.5 Å². The number of rotatable bonds is 3. The topological polar surface area (TPSA) is 123 Å². The Morgan fingerprint density at radius 1 is 1.40 bits per heavy atom. The number of carbonyl (C=O) groups excluding carboxylic acids is 1. The average molecular weight is 291 g/mol. The zero-order valence-electron chi connectivity index (χ0n) is 9.95. The van der Waals surface area contributed by atoms with Gasteiger partial charge in [0.15, 0.2) is 4.77 Å². The summed E-state index contributed by atoms with van der Waals surface area (Å²) in [7, 11) is 0. The van der Waals surface area contributed by atoms with Crippen molar-refractivity contribution in [2.75, 3.05) is 0 Å². The van der Waals surface area contributed by atoms with E-state index in [4.69, 9.17) is 0 Å². The highest BCUT2D eigenvalue weighted by Gasteiger charge is 2.05. The van der Waals surface area contributed by atoms with Crippen molar-refractivity contribution in [3.8, 4) is 5.88 Å². The second kappa shape index (κ2) is 5.89. The van der Waals surface area contributed by atoms with Crippen LogP contribution in [0.1, 0.15) is 15.9 Å². The number of amides is 1. The average Bonchev–Trinajstić information content (AvgIpc) is 2.42. The lowest BCUT2D eigenvalue weighted by Gasteiger charge is -1.99. The van der Waals surface area contributed by atoms with Gasteiger partial charge < -0.3 is 10.1 Å². The van der Waals surface area contributed by atoms with Crippen LogP contribution in [0.15, 0.2) is 34.4 Å². The molecule has 20 heavy (non-hydrogen) atoms. The Bertz CT molecular complexity index is 766.